The summed E-state index contributed by atoms with van der Waals surface area (Å²) in [6, 6.07) is 24.5. The van der Waals surface area contributed by atoms with E-state index in [4.69, 9.17) is 30.4 Å². The lowest BCUT2D eigenvalue weighted by atomic mass is 10.1. The van der Waals surface area contributed by atoms with Crippen molar-refractivity contribution in [2.75, 3.05) is 12.3 Å². The van der Waals surface area contributed by atoms with E-state index in [-0.39, 0.29) is 39.1 Å². The van der Waals surface area contributed by atoms with Gasteiger partial charge in [0.2, 0.25) is 0 Å². The van der Waals surface area contributed by atoms with Gasteiger partial charge in [-0.2, -0.15) is 0 Å². The molecule has 4 atom stereocenters. The molecule has 2 aromatic heterocycles. The van der Waals surface area contributed by atoms with Crippen LogP contribution in [-0.4, -0.2) is 68.7 Å². The van der Waals surface area contributed by atoms with Crippen molar-refractivity contribution in [2.24, 2.45) is 5.73 Å². The number of anilines is 1. The topological polar surface area (TPSA) is 201 Å². The van der Waals surface area contributed by atoms with E-state index < -0.39 is 55.0 Å². The Morgan fingerprint density at radius 3 is 1.80 bits per heavy atom. The van der Waals surface area contributed by atoms with E-state index in [2.05, 4.69) is 15.4 Å². The number of amides is 1. The minimum Gasteiger partial charge on any atom is -0.459 e. The zero-order chi connectivity index (χ0) is 32.2. The standard InChI is InChI=1S/C32H26N6O8/c33-26-23-21(27(34)39)16-38(28(23)36-37-35-26)29-25(46-32(42)20-14-8-3-9-15-20)24(45-31(41)19-12-6-2-7-13-19)22(44-29)17-43-30(40)18-10-4-1-5-11-18/h1-16,22,24-25,29H,17H2,(H2,34,39)(H2,33,35,36)/t22-,24-,25-,29-/m1/s1. The van der Waals surface area contributed by atoms with Crippen LogP contribution in [-0.2, 0) is 18.9 Å². The molecule has 0 unspecified atom stereocenters. The second-order valence-corrected chi connectivity index (χ2v) is 10.2. The number of carbonyl (C=O) groups is 4. The number of ether oxygens (including phenoxy) is 4. The highest BCUT2D eigenvalue weighted by atomic mass is 16.7. The lowest BCUT2D eigenvalue weighted by molar-refractivity contribution is -0.0605. The van der Waals surface area contributed by atoms with Crippen molar-refractivity contribution < 1.29 is 38.1 Å². The van der Waals surface area contributed by atoms with Crippen LogP contribution in [0.4, 0.5) is 5.82 Å². The van der Waals surface area contributed by atoms with E-state index in [1.54, 1.807) is 91.0 Å². The molecule has 1 aliphatic rings. The van der Waals surface area contributed by atoms with E-state index in [0.717, 1.165) is 0 Å². The molecule has 1 saturated heterocycles. The summed E-state index contributed by atoms with van der Waals surface area (Å²) in [6.45, 7) is -0.409. The summed E-state index contributed by atoms with van der Waals surface area (Å²) in [6.07, 6.45) is -3.85. The van der Waals surface area contributed by atoms with E-state index in [0.29, 0.717) is 0 Å². The Hall–Kier alpha value is -6.15. The van der Waals surface area contributed by atoms with Crippen molar-refractivity contribution >= 4 is 40.7 Å². The molecular formula is C32H26N6O8. The summed E-state index contributed by atoms with van der Waals surface area (Å²) < 4.78 is 25.1. The highest BCUT2D eigenvalue weighted by Gasteiger charge is 2.52. The van der Waals surface area contributed by atoms with Crippen molar-refractivity contribution in [3.63, 3.8) is 0 Å². The summed E-state index contributed by atoms with van der Waals surface area (Å²) in [7, 11) is 0. The Morgan fingerprint density at radius 2 is 1.26 bits per heavy atom. The minimum absolute atomic E-state index is 0.0297. The molecule has 1 fully saturated rings. The van der Waals surface area contributed by atoms with Crippen LogP contribution in [0.3, 0.4) is 0 Å². The lowest BCUT2D eigenvalue weighted by Crippen LogP contribution is -2.41. The number of nitrogens with zero attached hydrogens (tertiary/aromatic N) is 4. The molecule has 0 saturated carbocycles. The number of fused-ring (bicyclic) bond motifs is 1. The van der Waals surface area contributed by atoms with Crippen molar-refractivity contribution in [3.8, 4) is 0 Å². The maximum absolute atomic E-state index is 13.4. The van der Waals surface area contributed by atoms with Crippen LogP contribution in [0.1, 0.15) is 47.7 Å². The summed E-state index contributed by atoms with van der Waals surface area (Å²) >= 11 is 0. The molecule has 14 heteroatoms. The molecule has 1 amide bonds. The fourth-order valence-electron chi connectivity index (χ4n) is 5.09. The molecule has 14 nitrogen and oxygen atoms in total. The largest absolute Gasteiger partial charge is 0.459 e. The molecule has 46 heavy (non-hydrogen) atoms. The number of benzene rings is 3. The molecule has 3 aromatic carbocycles. The number of hydrogen-bond donors (Lipinski definition) is 2. The highest BCUT2D eigenvalue weighted by Crippen LogP contribution is 2.38. The molecule has 5 aromatic rings. The molecule has 0 bridgehead atoms. The predicted molar refractivity (Wildman–Crippen MR) is 160 cm³/mol. The third-order valence-electron chi connectivity index (χ3n) is 7.27. The van der Waals surface area contributed by atoms with Gasteiger partial charge in [-0.25, -0.2) is 14.4 Å². The van der Waals surface area contributed by atoms with Gasteiger partial charge in [0.15, 0.2) is 29.9 Å². The van der Waals surface area contributed by atoms with Gasteiger partial charge in [0, 0.05) is 6.20 Å². The zero-order valence-corrected chi connectivity index (χ0v) is 24.0. The van der Waals surface area contributed by atoms with Crippen LogP contribution in [0.25, 0.3) is 11.0 Å². The van der Waals surface area contributed by atoms with Crippen molar-refractivity contribution in [1.29, 1.82) is 0 Å². The molecule has 4 N–H and O–H groups in total. The lowest BCUT2D eigenvalue weighted by Gasteiger charge is -2.25. The van der Waals surface area contributed by atoms with Crippen LogP contribution in [0.2, 0.25) is 0 Å². The normalized spacial score (nSPS) is 19.0. The minimum atomic E-state index is -1.37. The van der Waals surface area contributed by atoms with Crippen LogP contribution in [0, 0.1) is 0 Å². The Morgan fingerprint density at radius 1 is 0.739 bits per heavy atom. The third kappa shape index (κ3) is 5.96. The number of rotatable bonds is 9. The van der Waals surface area contributed by atoms with Gasteiger partial charge in [-0.15, -0.1) is 10.2 Å². The molecule has 0 spiro atoms. The number of carbonyl (C=O) groups excluding carboxylic acids is 4. The van der Waals surface area contributed by atoms with Gasteiger partial charge in [0.1, 0.15) is 12.7 Å². The first-order valence-electron chi connectivity index (χ1n) is 14.0. The van der Waals surface area contributed by atoms with Gasteiger partial charge < -0.3 is 30.4 Å². The molecule has 1 aliphatic heterocycles. The van der Waals surface area contributed by atoms with Gasteiger partial charge in [-0.05, 0) is 41.6 Å². The average Bonchev–Trinajstić information content (AvgIpc) is 3.64. The maximum atomic E-state index is 13.4. The first kappa shape index (κ1) is 29.9. The predicted octanol–water partition coefficient (Wildman–Crippen LogP) is 2.71. The first-order chi connectivity index (χ1) is 22.3. The SMILES string of the molecule is NC(=O)c1cn([C@@H]2O[C@H](COC(=O)c3ccccc3)[C@@H](OC(=O)c3ccccc3)[C@H]2OC(=O)c2ccccc2)c2nnnc(N)c12. The quantitative estimate of drug-likeness (QED) is 0.180. The second kappa shape index (κ2) is 12.8. The Bertz CT molecular complexity index is 1900. The van der Waals surface area contributed by atoms with Gasteiger partial charge in [0.25, 0.3) is 5.91 Å². The molecule has 3 heterocycles. The van der Waals surface area contributed by atoms with Crippen LogP contribution < -0.4 is 11.5 Å². The van der Waals surface area contributed by atoms with Gasteiger partial charge in [0.05, 0.1) is 27.6 Å². The first-order valence-corrected chi connectivity index (χ1v) is 14.0. The van der Waals surface area contributed by atoms with E-state index in [1.807, 2.05) is 0 Å². The molecule has 6 rings (SSSR count). The maximum Gasteiger partial charge on any atom is 0.338 e. The number of aromatic nitrogens is 4. The van der Waals surface area contributed by atoms with Gasteiger partial charge in [-0.1, -0.05) is 54.6 Å². The number of nitrogen functional groups attached to an aromatic ring is 1. The molecule has 0 radical (unpaired) electrons. The molecular weight excluding hydrogens is 596 g/mol. The molecule has 0 aliphatic carbocycles. The summed E-state index contributed by atoms with van der Waals surface area (Å²) in [5.74, 6) is -3.15. The Balaban J connectivity index is 1.42. The Labute approximate surface area is 260 Å². The second-order valence-electron chi connectivity index (χ2n) is 10.2. The van der Waals surface area contributed by atoms with Crippen LogP contribution in [0.15, 0.2) is 97.2 Å². The number of hydrogen-bond acceptors (Lipinski definition) is 12. The van der Waals surface area contributed by atoms with Crippen molar-refractivity contribution in [3.05, 3.63) is 119 Å². The van der Waals surface area contributed by atoms with Gasteiger partial charge in [-0.3, -0.25) is 9.36 Å². The van der Waals surface area contributed by atoms with Crippen molar-refractivity contribution in [1.82, 2.24) is 20.0 Å². The average molecular weight is 623 g/mol. The number of esters is 3. The molecule has 232 valence electrons. The fraction of sp³-hybridized carbons (Fsp3) is 0.156. The summed E-state index contributed by atoms with van der Waals surface area (Å²) in [5, 5.41) is 11.5. The van der Waals surface area contributed by atoms with E-state index in [9.17, 15) is 19.2 Å². The van der Waals surface area contributed by atoms with E-state index in [1.165, 1.54) is 10.8 Å². The smallest absolute Gasteiger partial charge is 0.338 e. The van der Waals surface area contributed by atoms with E-state index >= 15 is 0 Å². The fourth-order valence-corrected chi connectivity index (χ4v) is 5.09. The van der Waals surface area contributed by atoms with Gasteiger partial charge >= 0.3 is 17.9 Å². The third-order valence-corrected chi connectivity index (χ3v) is 7.27. The number of nitrogens with two attached hydrogens (primary N) is 2. The Kier molecular flexibility index (Phi) is 8.34. The zero-order valence-electron chi connectivity index (χ0n) is 24.0. The monoisotopic (exact) mass is 622 g/mol. The highest BCUT2D eigenvalue weighted by molar-refractivity contribution is 6.08. The number of primary amides is 1. The van der Waals surface area contributed by atoms with Crippen LogP contribution in [0.5, 0.6) is 0 Å². The van der Waals surface area contributed by atoms with Crippen molar-refractivity contribution in [2.45, 2.75) is 24.5 Å². The van der Waals surface area contributed by atoms with Crippen LogP contribution >= 0.6 is 0 Å². The summed E-state index contributed by atoms with van der Waals surface area (Å²) in [5.41, 5.74) is 12.3. The summed E-state index contributed by atoms with van der Waals surface area (Å²) in [4.78, 5) is 52.1.